The summed E-state index contributed by atoms with van der Waals surface area (Å²) in [6, 6.07) is 7.09. The number of halogens is 1. The van der Waals surface area contributed by atoms with Crippen molar-refractivity contribution in [2.75, 3.05) is 6.54 Å². The van der Waals surface area contributed by atoms with Gasteiger partial charge in [0.2, 0.25) is 29.5 Å². The lowest BCUT2D eigenvalue weighted by molar-refractivity contribution is -0.147. The van der Waals surface area contributed by atoms with Crippen molar-refractivity contribution in [2.24, 2.45) is 11.8 Å². The molecule has 8 nitrogen and oxygen atoms in total. The number of imide groups is 1. The number of carbonyl (C=O) groups excluding carboxylic acids is 3. The summed E-state index contributed by atoms with van der Waals surface area (Å²) in [4.78, 5) is 41.2. The van der Waals surface area contributed by atoms with Crippen molar-refractivity contribution in [1.82, 2.24) is 20.0 Å². The van der Waals surface area contributed by atoms with E-state index < -0.39 is 0 Å². The van der Waals surface area contributed by atoms with Crippen LogP contribution in [-0.4, -0.2) is 50.3 Å². The lowest BCUT2D eigenvalue weighted by atomic mass is 9.85. The van der Waals surface area contributed by atoms with E-state index in [0.29, 0.717) is 29.6 Å². The van der Waals surface area contributed by atoms with Crippen molar-refractivity contribution >= 4 is 29.3 Å². The van der Waals surface area contributed by atoms with Crippen molar-refractivity contribution in [2.45, 2.75) is 38.3 Å². The lowest BCUT2D eigenvalue weighted by Crippen LogP contribution is -2.43. The Kier molecular flexibility index (Phi) is 5.09. The zero-order chi connectivity index (χ0) is 21.5. The highest BCUT2D eigenvalue weighted by Crippen LogP contribution is 2.35. The lowest BCUT2D eigenvalue weighted by Gasteiger charge is -2.23. The van der Waals surface area contributed by atoms with Crippen molar-refractivity contribution in [1.29, 1.82) is 0 Å². The van der Waals surface area contributed by atoms with E-state index in [1.165, 1.54) is 0 Å². The van der Waals surface area contributed by atoms with E-state index in [1.54, 1.807) is 29.2 Å². The number of aromatic nitrogens is 2. The van der Waals surface area contributed by atoms with Gasteiger partial charge in [0.25, 0.3) is 0 Å². The van der Waals surface area contributed by atoms with Gasteiger partial charge in [-0.1, -0.05) is 23.8 Å². The third kappa shape index (κ3) is 3.87. The molecule has 1 saturated heterocycles. The maximum absolute atomic E-state index is 13.1. The second kappa shape index (κ2) is 7.92. The Labute approximate surface area is 183 Å². The van der Waals surface area contributed by atoms with Gasteiger partial charge in [0.1, 0.15) is 6.54 Å². The molecule has 31 heavy (non-hydrogen) atoms. The maximum Gasteiger partial charge on any atom is 0.247 e. The number of carbonyl (C=O) groups is 3. The molecule has 3 amide bonds. The molecule has 0 radical (unpaired) electrons. The van der Waals surface area contributed by atoms with Crippen LogP contribution in [0.5, 0.6) is 0 Å². The Morgan fingerprint density at radius 1 is 1.06 bits per heavy atom. The summed E-state index contributed by atoms with van der Waals surface area (Å²) in [6.45, 7) is -0.0892. The number of fused-ring (bicyclic) bond motifs is 1. The molecule has 0 spiro atoms. The summed E-state index contributed by atoms with van der Waals surface area (Å²) in [6.07, 6.45) is 6.73. The molecule has 1 aromatic heterocycles. The molecule has 2 aromatic rings. The molecular formula is C22H21ClN4O4. The van der Waals surface area contributed by atoms with Gasteiger partial charge in [-0.3, -0.25) is 19.3 Å². The van der Waals surface area contributed by atoms with Crippen LogP contribution in [0.3, 0.4) is 0 Å². The standard InChI is InChI=1S/C22H21ClN4O4/c23-14-7-5-13(6-8-14)20-25-24-18(31-20)11-26(15-9-10-15)19(28)12-27-21(29)16-3-1-2-4-17(16)22(27)30/h1-2,5-8,15-17H,3-4,9-12H2/t16-,17-/m0/s1. The number of allylic oxidation sites excluding steroid dienone is 2. The normalized spacial score (nSPS) is 22.7. The molecule has 0 unspecified atom stereocenters. The molecule has 0 N–H and O–H groups in total. The fourth-order valence-electron chi connectivity index (χ4n) is 4.23. The van der Waals surface area contributed by atoms with E-state index in [1.807, 2.05) is 12.2 Å². The quantitative estimate of drug-likeness (QED) is 0.506. The van der Waals surface area contributed by atoms with Gasteiger partial charge in [0, 0.05) is 16.6 Å². The number of nitrogens with zero attached hydrogens (tertiary/aromatic N) is 4. The summed E-state index contributed by atoms with van der Waals surface area (Å²) in [7, 11) is 0. The van der Waals surface area contributed by atoms with E-state index in [4.69, 9.17) is 16.0 Å². The van der Waals surface area contributed by atoms with Gasteiger partial charge in [-0.2, -0.15) is 0 Å². The van der Waals surface area contributed by atoms with Crippen LogP contribution in [0.15, 0.2) is 40.8 Å². The molecule has 2 atom stereocenters. The van der Waals surface area contributed by atoms with Crippen LogP contribution in [0, 0.1) is 11.8 Å². The summed E-state index contributed by atoms with van der Waals surface area (Å²) in [5.41, 5.74) is 0.733. The molecule has 2 fully saturated rings. The molecule has 3 aliphatic rings. The van der Waals surface area contributed by atoms with Gasteiger partial charge in [0.05, 0.1) is 18.4 Å². The summed E-state index contributed by atoms with van der Waals surface area (Å²) in [5.74, 6) is -0.784. The number of rotatable bonds is 6. The van der Waals surface area contributed by atoms with Gasteiger partial charge in [0.15, 0.2) is 0 Å². The van der Waals surface area contributed by atoms with E-state index in [2.05, 4.69) is 10.2 Å². The van der Waals surface area contributed by atoms with Crippen molar-refractivity contribution in [3.63, 3.8) is 0 Å². The molecule has 1 aromatic carbocycles. The molecule has 160 valence electrons. The van der Waals surface area contributed by atoms with Gasteiger partial charge < -0.3 is 9.32 Å². The van der Waals surface area contributed by atoms with Crippen LogP contribution in [0.25, 0.3) is 11.5 Å². The summed E-state index contributed by atoms with van der Waals surface area (Å²) < 4.78 is 5.74. The Balaban J connectivity index is 1.28. The highest BCUT2D eigenvalue weighted by atomic mass is 35.5. The highest BCUT2D eigenvalue weighted by molar-refractivity contribution is 6.30. The minimum atomic E-state index is -0.336. The van der Waals surface area contributed by atoms with Crippen LogP contribution < -0.4 is 0 Å². The molecule has 5 rings (SSSR count). The average molecular weight is 441 g/mol. The first kappa shape index (κ1) is 19.9. The van der Waals surface area contributed by atoms with E-state index in [-0.39, 0.29) is 48.7 Å². The SMILES string of the molecule is O=C1[C@H]2CC=CC[C@@H]2C(=O)N1CC(=O)N(Cc1nnc(-c2ccc(Cl)cc2)o1)C1CC1. The third-order valence-electron chi connectivity index (χ3n) is 6.06. The van der Waals surface area contributed by atoms with Crippen LogP contribution >= 0.6 is 11.6 Å². The summed E-state index contributed by atoms with van der Waals surface area (Å²) >= 11 is 5.91. The number of benzene rings is 1. The topological polar surface area (TPSA) is 96.6 Å². The predicted octanol–water partition coefficient (Wildman–Crippen LogP) is 2.83. The number of amides is 3. The fourth-order valence-corrected chi connectivity index (χ4v) is 4.36. The van der Waals surface area contributed by atoms with Crippen LogP contribution in [0.2, 0.25) is 5.02 Å². The second-order valence-electron chi connectivity index (χ2n) is 8.18. The zero-order valence-corrected chi connectivity index (χ0v) is 17.5. The maximum atomic E-state index is 13.1. The van der Waals surface area contributed by atoms with Gasteiger partial charge in [-0.25, -0.2) is 0 Å². The Bertz CT molecular complexity index is 1030. The Morgan fingerprint density at radius 2 is 1.71 bits per heavy atom. The molecule has 2 aliphatic carbocycles. The zero-order valence-electron chi connectivity index (χ0n) is 16.7. The second-order valence-corrected chi connectivity index (χ2v) is 8.62. The first-order chi connectivity index (χ1) is 15.0. The van der Waals surface area contributed by atoms with Gasteiger partial charge in [-0.05, 0) is 49.9 Å². The molecular weight excluding hydrogens is 420 g/mol. The number of likely N-dealkylation sites (tertiary alicyclic amines) is 1. The minimum absolute atomic E-state index is 0.0649. The minimum Gasteiger partial charge on any atom is -0.419 e. The van der Waals surface area contributed by atoms with E-state index in [0.717, 1.165) is 23.3 Å². The molecule has 0 bridgehead atoms. The third-order valence-corrected chi connectivity index (χ3v) is 6.32. The van der Waals surface area contributed by atoms with Crippen molar-refractivity contribution in [3.8, 4) is 11.5 Å². The predicted molar refractivity (Wildman–Crippen MR) is 110 cm³/mol. The largest absolute Gasteiger partial charge is 0.419 e. The van der Waals surface area contributed by atoms with Crippen molar-refractivity contribution in [3.05, 3.63) is 47.3 Å². The monoisotopic (exact) mass is 440 g/mol. The molecule has 1 aliphatic heterocycles. The Morgan fingerprint density at radius 3 is 2.32 bits per heavy atom. The summed E-state index contributed by atoms with van der Waals surface area (Å²) in [5, 5.41) is 8.74. The van der Waals surface area contributed by atoms with Gasteiger partial charge in [-0.15, -0.1) is 10.2 Å². The molecule has 9 heteroatoms. The molecule has 1 saturated carbocycles. The van der Waals surface area contributed by atoms with Crippen LogP contribution in [0.1, 0.15) is 31.6 Å². The highest BCUT2D eigenvalue weighted by Gasteiger charge is 2.48. The van der Waals surface area contributed by atoms with Crippen LogP contribution in [0.4, 0.5) is 0 Å². The van der Waals surface area contributed by atoms with Gasteiger partial charge >= 0.3 is 0 Å². The fraction of sp³-hybridized carbons (Fsp3) is 0.409. The van der Waals surface area contributed by atoms with E-state index >= 15 is 0 Å². The average Bonchev–Trinajstić information content (AvgIpc) is 3.47. The van der Waals surface area contributed by atoms with Crippen molar-refractivity contribution < 1.29 is 18.8 Å². The molecule has 2 heterocycles. The number of hydrogen-bond acceptors (Lipinski definition) is 6. The van der Waals surface area contributed by atoms with E-state index in [9.17, 15) is 14.4 Å². The Hall–Kier alpha value is -3.00. The van der Waals surface area contributed by atoms with Crippen LogP contribution in [-0.2, 0) is 20.9 Å². The number of hydrogen-bond donors (Lipinski definition) is 0. The first-order valence-corrected chi connectivity index (χ1v) is 10.8. The first-order valence-electron chi connectivity index (χ1n) is 10.4. The smallest absolute Gasteiger partial charge is 0.247 e.